The Labute approximate surface area is 198 Å². The maximum absolute atomic E-state index is 13.2. The number of likely N-dealkylation sites (tertiary alicyclic amines) is 1. The Hall–Kier alpha value is -2.09. The van der Waals surface area contributed by atoms with Crippen molar-refractivity contribution in [2.45, 2.75) is 25.7 Å². The second-order valence-corrected chi connectivity index (χ2v) is 10.1. The number of carbonyl (C=O) groups is 2. The maximum atomic E-state index is 13.2. The largest absolute Gasteiger partial charge is 0.493 e. The molecule has 0 spiro atoms. The van der Waals surface area contributed by atoms with Crippen LogP contribution in [0.2, 0.25) is 5.02 Å². The van der Waals surface area contributed by atoms with Crippen LogP contribution < -0.4 is 4.74 Å². The van der Waals surface area contributed by atoms with Gasteiger partial charge < -0.3 is 19.3 Å². The Kier molecular flexibility index (Phi) is 7.71. The van der Waals surface area contributed by atoms with Gasteiger partial charge in [-0.1, -0.05) is 17.7 Å². The minimum atomic E-state index is -0.418. The van der Waals surface area contributed by atoms with Gasteiger partial charge in [0.25, 0.3) is 0 Å². The summed E-state index contributed by atoms with van der Waals surface area (Å²) in [5, 5.41) is 2.64. The first-order valence-corrected chi connectivity index (χ1v) is 12.3. The van der Waals surface area contributed by atoms with E-state index in [0.29, 0.717) is 57.3 Å². The average molecular weight is 477 g/mol. The van der Waals surface area contributed by atoms with Crippen molar-refractivity contribution in [3.05, 3.63) is 51.7 Å². The molecule has 172 valence electrons. The van der Waals surface area contributed by atoms with Crippen molar-refractivity contribution < 1.29 is 19.1 Å². The molecule has 0 bridgehead atoms. The highest BCUT2D eigenvalue weighted by Crippen LogP contribution is 2.36. The summed E-state index contributed by atoms with van der Waals surface area (Å²) in [6, 6.07) is 11.2. The normalized spacial score (nSPS) is 21.4. The first-order valence-electron chi connectivity index (χ1n) is 11.1. The van der Waals surface area contributed by atoms with E-state index in [-0.39, 0.29) is 11.8 Å². The van der Waals surface area contributed by atoms with E-state index in [1.54, 1.807) is 23.5 Å². The smallest absolute Gasteiger partial charge is 0.227 e. The molecule has 0 aliphatic carbocycles. The standard InChI is InChI=1S/C24H29ClN2O4S/c25-19-4-6-20(7-5-19)31-18-24(16-23(29)26-10-12-30-13-11-26)8-2-9-27(17-24)22(28)15-21-3-1-14-32-21/h1,3-7,14H,2,8-13,15-18H2/t24-/m0/s1. The van der Waals surface area contributed by atoms with Crippen LogP contribution in [0.25, 0.3) is 0 Å². The number of hydrogen-bond acceptors (Lipinski definition) is 5. The zero-order valence-corrected chi connectivity index (χ0v) is 19.7. The summed E-state index contributed by atoms with van der Waals surface area (Å²) in [6.45, 7) is 4.02. The van der Waals surface area contributed by atoms with Crippen molar-refractivity contribution in [1.82, 2.24) is 9.80 Å². The van der Waals surface area contributed by atoms with Gasteiger partial charge in [0, 0.05) is 47.9 Å². The van der Waals surface area contributed by atoms with Crippen molar-refractivity contribution >= 4 is 34.8 Å². The molecule has 2 fully saturated rings. The zero-order valence-electron chi connectivity index (χ0n) is 18.1. The van der Waals surface area contributed by atoms with E-state index in [9.17, 15) is 9.59 Å². The van der Waals surface area contributed by atoms with Crippen molar-refractivity contribution in [2.75, 3.05) is 46.0 Å². The number of ether oxygens (including phenoxy) is 2. The summed E-state index contributed by atoms with van der Waals surface area (Å²) >= 11 is 7.59. The highest BCUT2D eigenvalue weighted by Gasteiger charge is 2.41. The van der Waals surface area contributed by atoms with E-state index in [4.69, 9.17) is 21.1 Å². The van der Waals surface area contributed by atoms with Crippen molar-refractivity contribution in [2.24, 2.45) is 5.41 Å². The number of rotatable bonds is 7. The molecule has 3 heterocycles. The molecule has 4 rings (SSSR count). The van der Waals surface area contributed by atoms with Gasteiger partial charge >= 0.3 is 0 Å². The fourth-order valence-electron chi connectivity index (χ4n) is 4.42. The molecule has 8 heteroatoms. The van der Waals surface area contributed by atoms with Crippen LogP contribution in [0.3, 0.4) is 0 Å². The molecule has 32 heavy (non-hydrogen) atoms. The summed E-state index contributed by atoms with van der Waals surface area (Å²) < 4.78 is 11.5. The third-order valence-electron chi connectivity index (χ3n) is 6.17. The van der Waals surface area contributed by atoms with E-state index in [1.807, 2.05) is 39.4 Å². The third kappa shape index (κ3) is 6.03. The number of hydrogen-bond donors (Lipinski definition) is 0. The van der Waals surface area contributed by atoms with Gasteiger partial charge in [-0.15, -0.1) is 11.3 Å². The average Bonchev–Trinajstić information content (AvgIpc) is 3.32. The number of thiophene rings is 1. The Bertz CT molecular complexity index is 899. The molecule has 2 aliphatic rings. The predicted octanol–water partition coefficient (Wildman–Crippen LogP) is 3.88. The number of piperidine rings is 1. The molecule has 1 aromatic carbocycles. The minimum absolute atomic E-state index is 0.112. The molecular weight excluding hydrogens is 448 g/mol. The molecular formula is C24H29ClN2O4S. The summed E-state index contributed by atoms with van der Waals surface area (Å²) in [5.74, 6) is 0.942. The molecule has 6 nitrogen and oxygen atoms in total. The summed E-state index contributed by atoms with van der Waals surface area (Å²) in [7, 11) is 0. The Balaban J connectivity index is 1.48. The minimum Gasteiger partial charge on any atom is -0.493 e. The predicted molar refractivity (Wildman–Crippen MR) is 125 cm³/mol. The lowest BCUT2D eigenvalue weighted by atomic mass is 9.77. The van der Waals surface area contributed by atoms with Gasteiger partial charge in [0.15, 0.2) is 0 Å². The molecule has 2 aliphatic heterocycles. The van der Waals surface area contributed by atoms with Crippen LogP contribution in [0.4, 0.5) is 0 Å². The molecule has 2 amide bonds. The van der Waals surface area contributed by atoms with Crippen LogP contribution in [0.1, 0.15) is 24.1 Å². The van der Waals surface area contributed by atoms with Gasteiger partial charge in [0.2, 0.25) is 11.8 Å². The number of benzene rings is 1. The number of morpholine rings is 1. The van der Waals surface area contributed by atoms with Crippen LogP contribution in [0.5, 0.6) is 5.75 Å². The lowest BCUT2D eigenvalue weighted by Gasteiger charge is -2.43. The number of halogens is 1. The van der Waals surface area contributed by atoms with Gasteiger partial charge in [-0.2, -0.15) is 0 Å². The Morgan fingerprint density at radius 1 is 1.06 bits per heavy atom. The molecule has 0 saturated carbocycles. The SMILES string of the molecule is O=C(C[C@@]1(COc2ccc(Cl)cc2)CCCN(C(=O)Cc2cccs2)C1)N1CCOCC1. The molecule has 1 atom stereocenters. The van der Waals surface area contributed by atoms with Crippen molar-refractivity contribution in [3.8, 4) is 5.75 Å². The monoisotopic (exact) mass is 476 g/mol. The Morgan fingerprint density at radius 2 is 1.84 bits per heavy atom. The quantitative estimate of drug-likeness (QED) is 0.608. The first-order chi connectivity index (χ1) is 15.5. The maximum Gasteiger partial charge on any atom is 0.227 e. The van der Waals surface area contributed by atoms with Crippen LogP contribution in [-0.2, 0) is 20.7 Å². The molecule has 0 unspecified atom stereocenters. The fourth-order valence-corrected chi connectivity index (χ4v) is 5.24. The van der Waals surface area contributed by atoms with Gasteiger partial charge in [-0.05, 0) is 48.6 Å². The molecule has 2 aromatic rings. The van der Waals surface area contributed by atoms with E-state index in [1.165, 1.54) is 0 Å². The second kappa shape index (κ2) is 10.7. The third-order valence-corrected chi connectivity index (χ3v) is 7.30. The van der Waals surface area contributed by atoms with E-state index < -0.39 is 5.41 Å². The van der Waals surface area contributed by atoms with Gasteiger partial charge in [-0.25, -0.2) is 0 Å². The first kappa shape index (κ1) is 23.1. The summed E-state index contributed by atoms with van der Waals surface area (Å²) in [4.78, 5) is 31.0. The molecule has 1 aromatic heterocycles. The zero-order chi connectivity index (χ0) is 22.4. The van der Waals surface area contributed by atoms with Crippen LogP contribution >= 0.6 is 22.9 Å². The van der Waals surface area contributed by atoms with Crippen LogP contribution in [0, 0.1) is 5.41 Å². The van der Waals surface area contributed by atoms with Crippen molar-refractivity contribution in [3.63, 3.8) is 0 Å². The van der Waals surface area contributed by atoms with Crippen LogP contribution in [-0.4, -0.2) is 67.6 Å². The van der Waals surface area contributed by atoms with E-state index in [0.717, 1.165) is 30.0 Å². The number of amides is 2. The molecule has 0 radical (unpaired) electrons. The van der Waals surface area contributed by atoms with Crippen LogP contribution in [0.15, 0.2) is 41.8 Å². The lowest BCUT2D eigenvalue weighted by Crippen LogP contribution is -2.52. The number of nitrogens with zero attached hydrogens (tertiary/aromatic N) is 2. The Morgan fingerprint density at radius 3 is 2.56 bits per heavy atom. The van der Waals surface area contributed by atoms with Gasteiger partial charge in [0.1, 0.15) is 5.75 Å². The second-order valence-electron chi connectivity index (χ2n) is 8.59. The van der Waals surface area contributed by atoms with Gasteiger partial charge in [-0.3, -0.25) is 9.59 Å². The molecule has 0 N–H and O–H groups in total. The highest BCUT2D eigenvalue weighted by molar-refractivity contribution is 7.10. The van der Waals surface area contributed by atoms with Gasteiger partial charge in [0.05, 0.1) is 26.2 Å². The summed E-state index contributed by atoms with van der Waals surface area (Å²) in [5.41, 5.74) is -0.418. The van der Waals surface area contributed by atoms with Crippen molar-refractivity contribution in [1.29, 1.82) is 0 Å². The number of carbonyl (C=O) groups excluding carboxylic acids is 2. The van der Waals surface area contributed by atoms with E-state index in [2.05, 4.69) is 0 Å². The van der Waals surface area contributed by atoms with E-state index >= 15 is 0 Å². The topological polar surface area (TPSA) is 59.1 Å². The fraction of sp³-hybridized carbons (Fsp3) is 0.500. The molecule has 2 saturated heterocycles. The summed E-state index contributed by atoms with van der Waals surface area (Å²) in [6.07, 6.45) is 2.47. The highest BCUT2D eigenvalue weighted by atomic mass is 35.5. The lowest BCUT2D eigenvalue weighted by molar-refractivity contribution is -0.143.